The molecule has 1 saturated carbocycles. The minimum atomic E-state index is -1.21. The quantitative estimate of drug-likeness (QED) is 0.384. The van der Waals surface area contributed by atoms with Gasteiger partial charge < -0.3 is 20.5 Å². The fraction of sp³-hybridized carbons (Fsp3) is 0.407. The van der Waals surface area contributed by atoms with E-state index in [4.69, 9.17) is 27.9 Å². The van der Waals surface area contributed by atoms with Crippen molar-refractivity contribution in [3.63, 3.8) is 0 Å². The molecule has 4 rings (SSSR count). The van der Waals surface area contributed by atoms with Crippen molar-refractivity contribution in [2.24, 2.45) is 0 Å². The van der Waals surface area contributed by atoms with Crippen LogP contribution in [0.25, 0.3) is 0 Å². The van der Waals surface area contributed by atoms with Gasteiger partial charge in [-0.2, -0.15) is 0 Å². The molecule has 1 heterocycles. The molecule has 2 aromatic carbocycles. The van der Waals surface area contributed by atoms with Crippen molar-refractivity contribution >= 4 is 64.5 Å². The van der Waals surface area contributed by atoms with Gasteiger partial charge in [0.05, 0.1) is 27.1 Å². The standard InChI is InChI=1S/C27H29Cl2N3O6S/c1-2-38-26(37)32-21(15-39-27(32)12-3-4-13-27)23(33)31-20(25(35)36)14-16-8-10-17(11-9-16)30-24(34)22-18(28)6-5-7-19(22)29/h5-11,20-21H,2-4,12-15H2,1H3,(H,30,34)(H,31,33)(H,35,36)/t20-,21?/m0/s1. The van der Waals surface area contributed by atoms with Gasteiger partial charge in [0.25, 0.3) is 5.91 Å². The van der Waals surface area contributed by atoms with E-state index in [9.17, 15) is 24.3 Å². The summed E-state index contributed by atoms with van der Waals surface area (Å²) in [5.74, 6) is -1.82. The molecule has 208 valence electrons. The highest BCUT2D eigenvalue weighted by Gasteiger charge is 2.54. The highest BCUT2D eigenvalue weighted by atomic mass is 35.5. The van der Waals surface area contributed by atoms with E-state index < -0.39 is 40.8 Å². The average molecular weight is 595 g/mol. The molecule has 0 radical (unpaired) electrons. The molecule has 1 spiro atoms. The number of rotatable bonds is 8. The van der Waals surface area contributed by atoms with Crippen molar-refractivity contribution in [2.45, 2.75) is 56.0 Å². The van der Waals surface area contributed by atoms with E-state index in [-0.39, 0.29) is 28.6 Å². The molecule has 2 aliphatic rings. The molecular formula is C27H29Cl2N3O6S. The summed E-state index contributed by atoms with van der Waals surface area (Å²) in [4.78, 5) is 51.8. The van der Waals surface area contributed by atoms with Gasteiger partial charge in [-0.1, -0.05) is 54.2 Å². The number of carboxylic acid groups (broad SMARTS) is 1. The lowest BCUT2D eigenvalue weighted by Crippen LogP contribution is -2.56. The van der Waals surface area contributed by atoms with Crippen LogP contribution in [0.15, 0.2) is 42.5 Å². The normalized spacial score (nSPS) is 18.5. The Morgan fingerprint density at radius 3 is 2.33 bits per heavy atom. The first kappa shape index (κ1) is 29.0. The molecule has 2 fully saturated rings. The van der Waals surface area contributed by atoms with Gasteiger partial charge in [-0.15, -0.1) is 11.8 Å². The molecule has 3 amide bonds. The lowest BCUT2D eigenvalue weighted by atomic mass is 10.0. The summed E-state index contributed by atoms with van der Waals surface area (Å²) < 4.78 is 5.25. The zero-order valence-electron chi connectivity index (χ0n) is 21.2. The minimum absolute atomic E-state index is 0.00997. The summed E-state index contributed by atoms with van der Waals surface area (Å²) in [6, 6.07) is 9.31. The van der Waals surface area contributed by atoms with Crippen molar-refractivity contribution in [3.8, 4) is 0 Å². The summed E-state index contributed by atoms with van der Waals surface area (Å²) >= 11 is 13.8. The van der Waals surface area contributed by atoms with Crippen molar-refractivity contribution in [3.05, 3.63) is 63.6 Å². The van der Waals surface area contributed by atoms with Crippen LogP contribution in [0.1, 0.15) is 48.5 Å². The van der Waals surface area contributed by atoms with Gasteiger partial charge in [0.15, 0.2) is 0 Å². The third-order valence-corrected chi connectivity index (χ3v) is 9.12. The summed E-state index contributed by atoms with van der Waals surface area (Å²) in [5.41, 5.74) is 1.25. The zero-order valence-corrected chi connectivity index (χ0v) is 23.6. The third-order valence-electron chi connectivity index (χ3n) is 6.87. The van der Waals surface area contributed by atoms with Crippen molar-refractivity contribution in [1.82, 2.24) is 10.2 Å². The molecular weight excluding hydrogens is 565 g/mol. The summed E-state index contributed by atoms with van der Waals surface area (Å²) in [7, 11) is 0. The van der Waals surface area contributed by atoms with Crippen molar-refractivity contribution in [2.75, 3.05) is 17.7 Å². The van der Waals surface area contributed by atoms with Crippen LogP contribution in [0.2, 0.25) is 10.0 Å². The predicted molar refractivity (Wildman–Crippen MR) is 150 cm³/mol. The Morgan fingerprint density at radius 2 is 1.74 bits per heavy atom. The molecule has 12 heteroatoms. The SMILES string of the molecule is CCOC(=O)N1C(C(=O)N[C@@H](Cc2ccc(NC(=O)c3c(Cl)cccc3Cl)cc2)C(=O)O)CSC12CCCC2. The highest BCUT2D eigenvalue weighted by molar-refractivity contribution is 8.01. The number of amides is 3. The second kappa shape index (κ2) is 12.5. The van der Waals surface area contributed by atoms with Gasteiger partial charge in [0, 0.05) is 17.9 Å². The number of carbonyl (C=O) groups is 4. The maximum atomic E-state index is 13.3. The molecule has 2 atom stereocenters. The smallest absolute Gasteiger partial charge is 0.411 e. The first-order valence-electron chi connectivity index (χ1n) is 12.6. The molecule has 1 unspecified atom stereocenters. The molecule has 0 aromatic heterocycles. The number of hydrogen-bond acceptors (Lipinski definition) is 6. The molecule has 1 saturated heterocycles. The van der Waals surface area contributed by atoms with Crippen LogP contribution >= 0.6 is 35.0 Å². The largest absolute Gasteiger partial charge is 0.480 e. The Balaban J connectivity index is 1.42. The van der Waals surface area contributed by atoms with Gasteiger partial charge in [-0.25, -0.2) is 9.59 Å². The van der Waals surface area contributed by atoms with E-state index in [2.05, 4.69) is 10.6 Å². The maximum absolute atomic E-state index is 13.3. The van der Waals surface area contributed by atoms with Crippen LogP contribution in [0.4, 0.5) is 10.5 Å². The number of carboxylic acids is 1. The summed E-state index contributed by atoms with van der Waals surface area (Å²) in [6.07, 6.45) is 2.92. The molecule has 0 bridgehead atoms. The number of hydrogen-bond donors (Lipinski definition) is 3. The van der Waals surface area contributed by atoms with Crippen LogP contribution in [-0.4, -0.2) is 63.2 Å². The Bertz CT molecular complexity index is 1230. The topological polar surface area (TPSA) is 125 Å². The highest BCUT2D eigenvalue weighted by Crippen LogP contribution is 2.50. The monoisotopic (exact) mass is 593 g/mol. The fourth-order valence-electron chi connectivity index (χ4n) is 4.99. The maximum Gasteiger partial charge on any atom is 0.411 e. The molecule has 1 aliphatic carbocycles. The van der Waals surface area contributed by atoms with E-state index >= 15 is 0 Å². The number of thioether (sulfide) groups is 1. The number of ether oxygens (including phenoxy) is 1. The number of carbonyl (C=O) groups excluding carboxylic acids is 3. The first-order valence-corrected chi connectivity index (χ1v) is 14.4. The number of nitrogens with zero attached hydrogens (tertiary/aromatic N) is 1. The third kappa shape index (κ3) is 6.45. The van der Waals surface area contributed by atoms with Crippen molar-refractivity contribution in [1.29, 1.82) is 0 Å². The van der Waals surface area contributed by atoms with Gasteiger partial charge >= 0.3 is 12.1 Å². The molecule has 1 aliphatic heterocycles. The molecule has 2 aromatic rings. The van der Waals surface area contributed by atoms with E-state index in [0.29, 0.717) is 17.0 Å². The molecule has 3 N–H and O–H groups in total. The van der Waals surface area contributed by atoms with Gasteiger partial charge in [0.2, 0.25) is 5.91 Å². The van der Waals surface area contributed by atoms with Gasteiger partial charge in [-0.3, -0.25) is 14.5 Å². The number of benzene rings is 2. The summed E-state index contributed by atoms with van der Waals surface area (Å²) in [6.45, 7) is 1.89. The Morgan fingerprint density at radius 1 is 1.10 bits per heavy atom. The summed E-state index contributed by atoms with van der Waals surface area (Å²) in [5, 5.41) is 15.6. The van der Waals surface area contributed by atoms with Crippen LogP contribution in [0.5, 0.6) is 0 Å². The predicted octanol–water partition coefficient (Wildman–Crippen LogP) is 5.20. The molecule has 39 heavy (non-hydrogen) atoms. The van der Waals surface area contributed by atoms with Crippen LogP contribution in [-0.2, 0) is 20.7 Å². The number of nitrogens with one attached hydrogen (secondary N) is 2. The second-order valence-corrected chi connectivity index (χ2v) is 11.6. The number of anilines is 1. The lowest BCUT2D eigenvalue weighted by Gasteiger charge is -2.36. The van der Waals surface area contributed by atoms with E-state index in [1.807, 2.05) is 0 Å². The Labute approximate surface area is 240 Å². The van der Waals surface area contributed by atoms with E-state index in [1.165, 1.54) is 4.90 Å². The van der Waals surface area contributed by atoms with Crippen LogP contribution < -0.4 is 10.6 Å². The average Bonchev–Trinajstić information content (AvgIpc) is 3.52. The van der Waals surface area contributed by atoms with Crippen LogP contribution in [0, 0.1) is 0 Å². The minimum Gasteiger partial charge on any atom is -0.480 e. The van der Waals surface area contributed by atoms with E-state index in [0.717, 1.165) is 25.7 Å². The van der Waals surface area contributed by atoms with E-state index in [1.54, 1.807) is 61.2 Å². The Hall–Kier alpha value is -2.95. The Kier molecular flexibility index (Phi) is 9.30. The van der Waals surface area contributed by atoms with Gasteiger partial charge in [-0.05, 0) is 49.6 Å². The van der Waals surface area contributed by atoms with Crippen molar-refractivity contribution < 1.29 is 29.0 Å². The number of halogens is 2. The molecule has 9 nitrogen and oxygen atoms in total. The van der Waals surface area contributed by atoms with Crippen LogP contribution in [0.3, 0.4) is 0 Å². The fourth-order valence-corrected chi connectivity index (χ4v) is 7.25. The number of aliphatic carboxylic acids is 1. The van der Waals surface area contributed by atoms with Gasteiger partial charge in [0.1, 0.15) is 12.1 Å². The second-order valence-electron chi connectivity index (χ2n) is 9.40. The zero-order chi connectivity index (χ0) is 28.2. The lowest BCUT2D eigenvalue weighted by molar-refractivity contribution is -0.142. The first-order chi connectivity index (χ1) is 18.6.